The third-order valence-electron chi connectivity index (χ3n) is 4.83. The van der Waals surface area contributed by atoms with E-state index in [4.69, 9.17) is 4.74 Å². The highest BCUT2D eigenvalue weighted by Crippen LogP contribution is 2.28. The lowest BCUT2D eigenvalue weighted by Gasteiger charge is -2.29. The fraction of sp³-hybridized carbons (Fsp3) is 1.00. The molecule has 2 nitrogen and oxygen atoms in total. The van der Waals surface area contributed by atoms with Crippen LogP contribution in [0.25, 0.3) is 0 Å². The van der Waals surface area contributed by atoms with Crippen molar-refractivity contribution in [1.29, 1.82) is 0 Å². The van der Waals surface area contributed by atoms with Crippen LogP contribution < -0.4 is 5.32 Å². The van der Waals surface area contributed by atoms with Gasteiger partial charge < -0.3 is 10.1 Å². The molecule has 0 bridgehead atoms. The molecule has 0 aromatic heterocycles. The Kier molecular flexibility index (Phi) is 6.69. The number of hydrogen-bond acceptors (Lipinski definition) is 2. The van der Waals surface area contributed by atoms with Crippen molar-refractivity contribution < 1.29 is 13.5 Å². The molecule has 0 heterocycles. The van der Waals surface area contributed by atoms with Crippen LogP contribution in [0.3, 0.4) is 0 Å². The average Bonchev–Trinajstić information content (AvgIpc) is 2.44. The maximum Gasteiger partial charge on any atom is 0.126 e. The van der Waals surface area contributed by atoms with E-state index in [1.807, 2.05) is 0 Å². The van der Waals surface area contributed by atoms with E-state index >= 15 is 0 Å². The fourth-order valence-electron chi connectivity index (χ4n) is 3.34. The minimum absolute atomic E-state index is 0.224. The minimum Gasteiger partial charge on any atom is -0.374 e. The van der Waals surface area contributed by atoms with Crippen LogP contribution in [0.4, 0.5) is 8.78 Å². The largest absolute Gasteiger partial charge is 0.374 e. The first-order valence-electron chi connectivity index (χ1n) is 8.25. The van der Waals surface area contributed by atoms with Gasteiger partial charge in [0.2, 0.25) is 0 Å². The number of ether oxygens (including phenoxy) is 1. The van der Waals surface area contributed by atoms with Gasteiger partial charge in [-0.1, -0.05) is 19.8 Å². The summed E-state index contributed by atoms with van der Waals surface area (Å²) in [6.07, 6.45) is 3.78. The molecule has 2 aliphatic carbocycles. The van der Waals surface area contributed by atoms with Crippen LogP contribution in [0.5, 0.6) is 0 Å². The van der Waals surface area contributed by atoms with E-state index in [2.05, 4.69) is 12.2 Å². The van der Waals surface area contributed by atoms with Crippen molar-refractivity contribution in [3.8, 4) is 0 Å². The first-order valence-corrected chi connectivity index (χ1v) is 8.25. The normalized spacial score (nSPS) is 38.9. The summed E-state index contributed by atoms with van der Waals surface area (Å²) in [5.74, 6) is 1.67. The number of hydrogen-bond donors (Lipinski definition) is 1. The number of nitrogens with one attached hydrogen (secondary N) is 1. The van der Waals surface area contributed by atoms with Crippen molar-refractivity contribution in [3.05, 3.63) is 0 Å². The van der Waals surface area contributed by atoms with E-state index in [0.29, 0.717) is 19.4 Å². The highest BCUT2D eigenvalue weighted by atomic mass is 19.1. The Morgan fingerprint density at radius 3 is 2.55 bits per heavy atom. The zero-order valence-electron chi connectivity index (χ0n) is 12.6. The Morgan fingerprint density at radius 2 is 1.80 bits per heavy atom. The predicted molar refractivity (Wildman–Crippen MR) is 77.4 cm³/mol. The minimum atomic E-state index is -0.984. The molecule has 118 valence electrons. The highest BCUT2D eigenvalue weighted by Gasteiger charge is 2.31. The van der Waals surface area contributed by atoms with Gasteiger partial charge in [0.15, 0.2) is 0 Å². The Morgan fingerprint density at radius 1 is 1.05 bits per heavy atom. The second kappa shape index (κ2) is 8.28. The molecule has 0 aromatic rings. The van der Waals surface area contributed by atoms with E-state index in [0.717, 1.165) is 24.9 Å². The van der Waals surface area contributed by atoms with Crippen LogP contribution in [-0.4, -0.2) is 38.1 Å². The van der Waals surface area contributed by atoms with Crippen molar-refractivity contribution >= 4 is 0 Å². The predicted octanol–water partition coefficient (Wildman–Crippen LogP) is 3.65. The summed E-state index contributed by atoms with van der Waals surface area (Å²) in [4.78, 5) is 0. The van der Waals surface area contributed by atoms with Crippen LogP contribution >= 0.6 is 0 Å². The Balaban J connectivity index is 1.51. The molecule has 0 spiro atoms. The van der Waals surface area contributed by atoms with E-state index in [9.17, 15) is 8.78 Å². The standard InChI is InChI=1S/C16H29F2NO/c1-12-2-4-13(5-3-12)11-19-8-9-20-16-10-14(17)6-7-15(16)18/h12-16,19H,2-11H2,1H3. The summed E-state index contributed by atoms with van der Waals surface area (Å²) in [6.45, 7) is 4.59. The molecule has 3 unspecified atom stereocenters. The van der Waals surface area contributed by atoms with Gasteiger partial charge >= 0.3 is 0 Å². The average molecular weight is 289 g/mol. The monoisotopic (exact) mass is 289 g/mol. The third kappa shape index (κ3) is 5.28. The van der Waals surface area contributed by atoms with Crippen molar-refractivity contribution in [1.82, 2.24) is 5.32 Å². The van der Waals surface area contributed by atoms with Crippen LogP contribution in [0.15, 0.2) is 0 Å². The molecule has 4 heteroatoms. The van der Waals surface area contributed by atoms with E-state index in [-0.39, 0.29) is 6.42 Å². The van der Waals surface area contributed by atoms with Gasteiger partial charge in [-0.25, -0.2) is 8.78 Å². The van der Waals surface area contributed by atoms with Gasteiger partial charge in [-0.15, -0.1) is 0 Å². The van der Waals surface area contributed by atoms with Gasteiger partial charge in [-0.05, 0) is 44.1 Å². The first-order chi connectivity index (χ1) is 9.65. The molecule has 0 radical (unpaired) electrons. The Labute approximate surface area is 121 Å². The van der Waals surface area contributed by atoms with Crippen LogP contribution in [0, 0.1) is 11.8 Å². The summed E-state index contributed by atoms with van der Waals surface area (Å²) in [7, 11) is 0. The zero-order valence-corrected chi connectivity index (χ0v) is 12.6. The van der Waals surface area contributed by atoms with Gasteiger partial charge in [-0.3, -0.25) is 0 Å². The number of alkyl halides is 2. The van der Waals surface area contributed by atoms with Crippen molar-refractivity contribution in [2.24, 2.45) is 11.8 Å². The molecular weight excluding hydrogens is 260 g/mol. The lowest BCUT2D eigenvalue weighted by atomic mass is 9.83. The summed E-state index contributed by atoms with van der Waals surface area (Å²) in [5.41, 5.74) is 0. The molecule has 1 N–H and O–H groups in total. The molecule has 20 heavy (non-hydrogen) atoms. The Hall–Kier alpha value is -0.220. The molecule has 0 aromatic carbocycles. The van der Waals surface area contributed by atoms with E-state index in [1.165, 1.54) is 25.7 Å². The summed E-state index contributed by atoms with van der Waals surface area (Å²) in [6, 6.07) is 0. The molecule has 2 aliphatic rings. The summed E-state index contributed by atoms with van der Waals surface area (Å²) in [5, 5.41) is 3.39. The van der Waals surface area contributed by atoms with Gasteiger partial charge in [0.1, 0.15) is 12.3 Å². The Bertz CT molecular complexity index is 269. The van der Waals surface area contributed by atoms with Crippen molar-refractivity contribution in [3.63, 3.8) is 0 Å². The second-order valence-corrected chi connectivity index (χ2v) is 6.67. The smallest absolute Gasteiger partial charge is 0.126 e. The van der Waals surface area contributed by atoms with Gasteiger partial charge in [0, 0.05) is 13.0 Å². The second-order valence-electron chi connectivity index (χ2n) is 6.67. The van der Waals surface area contributed by atoms with Gasteiger partial charge in [0.25, 0.3) is 0 Å². The molecular formula is C16H29F2NO. The zero-order chi connectivity index (χ0) is 14.4. The van der Waals surface area contributed by atoms with Gasteiger partial charge in [-0.2, -0.15) is 0 Å². The lowest BCUT2D eigenvalue weighted by Crippen LogP contribution is -2.36. The maximum absolute atomic E-state index is 13.5. The highest BCUT2D eigenvalue weighted by molar-refractivity contribution is 4.80. The molecule has 2 saturated carbocycles. The molecule has 0 aliphatic heterocycles. The van der Waals surface area contributed by atoms with Gasteiger partial charge in [0.05, 0.1) is 12.7 Å². The lowest BCUT2D eigenvalue weighted by molar-refractivity contribution is -0.0422. The van der Waals surface area contributed by atoms with Crippen molar-refractivity contribution in [2.45, 2.75) is 70.3 Å². The van der Waals surface area contributed by atoms with E-state index in [1.54, 1.807) is 0 Å². The van der Waals surface area contributed by atoms with Crippen LogP contribution in [0.1, 0.15) is 51.9 Å². The number of rotatable bonds is 6. The third-order valence-corrected chi connectivity index (χ3v) is 4.83. The maximum atomic E-state index is 13.5. The van der Waals surface area contributed by atoms with Crippen LogP contribution in [-0.2, 0) is 4.74 Å². The summed E-state index contributed by atoms with van der Waals surface area (Å²) >= 11 is 0. The molecule has 2 fully saturated rings. The molecule has 3 atom stereocenters. The topological polar surface area (TPSA) is 21.3 Å². The molecule has 0 amide bonds. The van der Waals surface area contributed by atoms with Crippen molar-refractivity contribution in [2.75, 3.05) is 19.7 Å². The number of halogens is 2. The van der Waals surface area contributed by atoms with E-state index < -0.39 is 18.4 Å². The summed E-state index contributed by atoms with van der Waals surface area (Å²) < 4.78 is 32.2. The SMILES string of the molecule is CC1CCC(CNCCOC2CC(F)CCC2F)CC1. The molecule has 0 saturated heterocycles. The first kappa shape index (κ1) is 16.2. The fourth-order valence-corrected chi connectivity index (χ4v) is 3.34. The molecule has 2 rings (SSSR count). The van der Waals surface area contributed by atoms with Crippen LogP contribution in [0.2, 0.25) is 0 Å². The quantitative estimate of drug-likeness (QED) is 0.754.